The van der Waals surface area contributed by atoms with Gasteiger partial charge in [0.2, 0.25) is 0 Å². The van der Waals surface area contributed by atoms with Crippen LogP contribution in [0.5, 0.6) is 11.5 Å². The Bertz CT molecular complexity index is 876. The zero-order valence-corrected chi connectivity index (χ0v) is 16.5. The minimum Gasteiger partial charge on any atom is -0.493 e. The lowest BCUT2D eigenvalue weighted by atomic mass is 9.96. The van der Waals surface area contributed by atoms with Crippen LogP contribution < -0.4 is 9.47 Å². The van der Waals surface area contributed by atoms with Gasteiger partial charge in [-0.3, -0.25) is 4.18 Å². The first kappa shape index (κ1) is 19.7. The summed E-state index contributed by atoms with van der Waals surface area (Å²) in [5.74, 6) is 1.22. The molecule has 0 unspecified atom stereocenters. The Kier molecular flexibility index (Phi) is 6.04. The minimum atomic E-state index is -3.83. The zero-order valence-electron chi connectivity index (χ0n) is 15.7. The predicted molar refractivity (Wildman–Crippen MR) is 101 cm³/mol. The van der Waals surface area contributed by atoms with Crippen LogP contribution in [-0.4, -0.2) is 42.0 Å². The third-order valence-electron chi connectivity index (χ3n) is 4.65. The van der Waals surface area contributed by atoms with E-state index in [-0.39, 0.29) is 17.4 Å². The first-order valence-corrected chi connectivity index (χ1v) is 10.1. The Morgan fingerprint density at radius 3 is 2.37 bits per heavy atom. The number of rotatable bonds is 7. The lowest BCUT2D eigenvalue weighted by Gasteiger charge is -2.19. The van der Waals surface area contributed by atoms with Crippen molar-refractivity contribution >= 4 is 10.1 Å². The van der Waals surface area contributed by atoms with Crippen molar-refractivity contribution in [2.75, 3.05) is 27.4 Å². The largest absolute Gasteiger partial charge is 0.493 e. The van der Waals surface area contributed by atoms with Crippen LogP contribution in [0.1, 0.15) is 11.1 Å². The summed E-state index contributed by atoms with van der Waals surface area (Å²) in [6, 6.07) is 12.3. The van der Waals surface area contributed by atoms with Crippen LogP contribution in [0, 0.1) is 12.8 Å². The molecule has 0 saturated carbocycles. The van der Waals surface area contributed by atoms with Gasteiger partial charge in [0, 0.05) is 5.92 Å². The lowest BCUT2D eigenvalue weighted by Crippen LogP contribution is -2.27. The Morgan fingerprint density at radius 1 is 1.00 bits per heavy atom. The van der Waals surface area contributed by atoms with E-state index >= 15 is 0 Å². The highest BCUT2D eigenvalue weighted by atomic mass is 32.2. The van der Waals surface area contributed by atoms with Crippen molar-refractivity contribution in [1.82, 2.24) is 0 Å². The van der Waals surface area contributed by atoms with E-state index in [2.05, 4.69) is 0 Å². The second-order valence-electron chi connectivity index (χ2n) is 6.59. The third kappa shape index (κ3) is 4.61. The molecule has 2 aromatic carbocycles. The van der Waals surface area contributed by atoms with E-state index in [1.165, 1.54) is 0 Å². The molecule has 0 N–H and O–H groups in total. The summed E-state index contributed by atoms with van der Waals surface area (Å²) >= 11 is 0. The molecule has 0 amide bonds. The Morgan fingerprint density at radius 2 is 1.70 bits per heavy atom. The van der Waals surface area contributed by atoms with E-state index in [4.69, 9.17) is 18.4 Å². The second-order valence-corrected chi connectivity index (χ2v) is 8.16. The number of benzene rings is 2. The van der Waals surface area contributed by atoms with Crippen molar-refractivity contribution in [3.05, 3.63) is 53.6 Å². The molecule has 2 aromatic rings. The highest BCUT2D eigenvalue weighted by Gasteiger charge is 2.34. The van der Waals surface area contributed by atoms with Crippen LogP contribution in [-0.2, 0) is 25.5 Å². The van der Waals surface area contributed by atoms with Crippen LogP contribution in [0.25, 0.3) is 0 Å². The topological polar surface area (TPSA) is 71.1 Å². The van der Waals surface area contributed by atoms with Crippen molar-refractivity contribution < 1.29 is 26.8 Å². The summed E-state index contributed by atoms with van der Waals surface area (Å²) in [4.78, 5) is 0.157. The van der Waals surface area contributed by atoms with Crippen molar-refractivity contribution in [3.63, 3.8) is 0 Å². The van der Waals surface area contributed by atoms with Gasteiger partial charge in [-0.1, -0.05) is 23.8 Å². The van der Waals surface area contributed by atoms with Crippen LogP contribution >= 0.6 is 0 Å². The number of ether oxygens (including phenoxy) is 3. The Balaban J connectivity index is 1.73. The average Bonchev–Trinajstić information content (AvgIpc) is 3.08. The lowest BCUT2D eigenvalue weighted by molar-refractivity contribution is 0.142. The van der Waals surface area contributed by atoms with E-state index in [0.29, 0.717) is 24.5 Å². The molecule has 6 nitrogen and oxygen atoms in total. The standard InChI is InChI=1S/C20H24O6S/c1-14-4-7-17(8-5-14)27(21,22)26-20-13-25-12-16(20)10-15-6-9-18(23-2)19(11-15)24-3/h4-9,11,16,20H,10,12-13H2,1-3H3/t16-,20+/m0/s1. The van der Waals surface area contributed by atoms with Crippen molar-refractivity contribution in [2.24, 2.45) is 5.92 Å². The summed E-state index contributed by atoms with van der Waals surface area (Å²) in [6.07, 6.45) is 0.0958. The van der Waals surface area contributed by atoms with Gasteiger partial charge in [-0.15, -0.1) is 0 Å². The van der Waals surface area contributed by atoms with Gasteiger partial charge in [0.1, 0.15) is 6.10 Å². The van der Waals surface area contributed by atoms with Crippen LogP contribution in [0.15, 0.2) is 47.4 Å². The average molecular weight is 392 g/mol. The second kappa shape index (κ2) is 8.29. The fourth-order valence-electron chi connectivity index (χ4n) is 3.11. The van der Waals surface area contributed by atoms with Gasteiger partial charge in [-0.2, -0.15) is 8.42 Å². The predicted octanol–water partition coefficient (Wildman–Crippen LogP) is 2.98. The van der Waals surface area contributed by atoms with E-state index < -0.39 is 16.2 Å². The molecule has 146 valence electrons. The van der Waals surface area contributed by atoms with E-state index in [9.17, 15) is 8.42 Å². The van der Waals surface area contributed by atoms with Crippen molar-refractivity contribution in [1.29, 1.82) is 0 Å². The highest BCUT2D eigenvalue weighted by Crippen LogP contribution is 2.31. The molecule has 1 fully saturated rings. The fraction of sp³-hybridized carbons (Fsp3) is 0.400. The van der Waals surface area contributed by atoms with Gasteiger partial charge in [-0.25, -0.2) is 0 Å². The summed E-state index contributed by atoms with van der Waals surface area (Å²) in [5, 5.41) is 0. The van der Waals surface area contributed by atoms with Crippen molar-refractivity contribution in [2.45, 2.75) is 24.3 Å². The maximum atomic E-state index is 12.6. The molecule has 3 rings (SSSR count). The van der Waals surface area contributed by atoms with Crippen LogP contribution in [0.4, 0.5) is 0 Å². The van der Waals surface area contributed by atoms with Gasteiger partial charge in [-0.05, 0) is 43.2 Å². The Hall–Kier alpha value is -2.09. The fourth-order valence-corrected chi connectivity index (χ4v) is 4.23. The maximum absolute atomic E-state index is 12.6. The number of methoxy groups -OCH3 is 2. The molecule has 1 aliphatic rings. The third-order valence-corrected chi connectivity index (χ3v) is 6.00. The van der Waals surface area contributed by atoms with Gasteiger partial charge < -0.3 is 14.2 Å². The van der Waals surface area contributed by atoms with Gasteiger partial charge in [0.15, 0.2) is 11.5 Å². The SMILES string of the molecule is COc1ccc(C[C@H]2COC[C@H]2OS(=O)(=O)c2ccc(C)cc2)cc1OC. The molecule has 0 spiro atoms. The van der Waals surface area contributed by atoms with Crippen LogP contribution in [0.3, 0.4) is 0 Å². The van der Waals surface area contributed by atoms with Crippen LogP contribution in [0.2, 0.25) is 0 Å². The molecule has 1 aliphatic heterocycles. The number of hydrogen-bond donors (Lipinski definition) is 0. The summed E-state index contributed by atoms with van der Waals surface area (Å²) in [5.41, 5.74) is 1.99. The first-order valence-electron chi connectivity index (χ1n) is 8.71. The monoisotopic (exact) mass is 392 g/mol. The molecule has 2 atom stereocenters. The van der Waals surface area contributed by atoms with Gasteiger partial charge in [0.25, 0.3) is 10.1 Å². The first-order chi connectivity index (χ1) is 12.9. The molecule has 1 heterocycles. The molecular formula is C20H24O6S. The molecule has 0 aromatic heterocycles. The maximum Gasteiger partial charge on any atom is 0.297 e. The number of aryl methyl sites for hydroxylation is 1. The highest BCUT2D eigenvalue weighted by molar-refractivity contribution is 7.86. The van der Waals surface area contributed by atoms with E-state index in [0.717, 1.165) is 11.1 Å². The number of hydrogen-bond acceptors (Lipinski definition) is 6. The minimum absolute atomic E-state index is 0.0664. The molecule has 27 heavy (non-hydrogen) atoms. The normalized spacial score (nSPS) is 19.8. The summed E-state index contributed by atoms with van der Waals surface area (Å²) in [6.45, 7) is 2.60. The van der Waals surface area contributed by atoms with Gasteiger partial charge >= 0.3 is 0 Å². The summed E-state index contributed by atoms with van der Waals surface area (Å²) < 4.78 is 46.7. The molecular weight excluding hydrogens is 368 g/mol. The summed E-state index contributed by atoms with van der Waals surface area (Å²) in [7, 11) is -0.665. The van der Waals surface area contributed by atoms with E-state index in [1.807, 2.05) is 25.1 Å². The van der Waals surface area contributed by atoms with Gasteiger partial charge in [0.05, 0.1) is 32.3 Å². The smallest absolute Gasteiger partial charge is 0.297 e. The zero-order chi connectivity index (χ0) is 19.4. The quantitative estimate of drug-likeness (QED) is 0.675. The molecule has 1 saturated heterocycles. The van der Waals surface area contributed by atoms with Crippen molar-refractivity contribution in [3.8, 4) is 11.5 Å². The Labute approximate surface area is 160 Å². The molecule has 7 heteroatoms. The molecule has 0 radical (unpaired) electrons. The molecule has 0 bridgehead atoms. The molecule has 0 aliphatic carbocycles. The van der Waals surface area contributed by atoms with E-state index in [1.54, 1.807) is 38.5 Å².